The Morgan fingerprint density at radius 2 is 1.22 bits per heavy atom. The van der Waals surface area contributed by atoms with Gasteiger partial charge in [-0.05, 0) is 65.9 Å². The van der Waals surface area contributed by atoms with Crippen molar-refractivity contribution in [3.05, 3.63) is 101 Å². The van der Waals surface area contributed by atoms with Gasteiger partial charge in [0.05, 0.1) is 70.1 Å². The van der Waals surface area contributed by atoms with E-state index in [1.54, 1.807) is 22.8 Å². The van der Waals surface area contributed by atoms with Gasteiger partial charge in [-0.25, -0.2) is 28.6 Å². The summed E-state index contributed by atoms with van der Waals surface area (Å²) in [4.78, 5) is 35.5. The summed E-state index contributed by atoms with van der Waals surface area (Å²) in [7, 11) is 1.18. The van der Waals surface area contributed by atoms with Crippen LogP contribution in [0.4, 0.5) is 37.7 Å². The van der Waals surface area contributed by atoms with Gasteiger partial charge in [0.25, 0.3) is 0 Å². The first kappa shape index (κ1) is 49.1. The maximum atomic E-state index is 14.0. The fraction of sp³-hybridized carbons (Fsp3) is 0.333. The number of hydrogen-bond acceptors (Lipinski definition) is 12. The standard InChI is InChI=1S/C19H15Cl2F3N4O3.C14H15F3N4O3.C6H3Cl2I/c1-30-18(29)13-9-25-28-14(10-6-11(20)8-12(21)7-10)16(19(22,23)24)26-17(28)15(13)27-2-4-31-5-3-27;1-2-24-13(22)9-7-18-21-8-10(14(15,16)17)19-12(21)11(9)20-3-5-23-6-4-20;7-4-1-5(8)3-6(9)2-4/h6-9H,2-5H2,1H3;7-8H,2-6H2,1H3;1-3H. The van der Waals surface area contributed by atoms with Crippen LogP contribution < -0.4 is 9.80 Å². The Morgan fingerprint density at radius 1 is 0.719 bits per heavy atom. The van der Waals surface area contributed by atoms with Gasteiger partial charge in [-0.1, -0.05) is 46.4 Å². The molecule has 25 heteroatoms. The van der Waals surface area contributed by atoms with Crippen LogP contribution in [0.5, 0.6) is 0 Å². The van der Waals surface area contributed by atoms with E-state index in [2.05, 4.69) is 42.8 Å². The Hall–Kier alpha value is -4.39. The molecule has 0 unspecified atom stereocenters. The zero-order valence-corrected chi connectivity index (χ0v) is 38.4. The molecule has 2 aromatic carbocycles. The van der Waals surface area contributed by atoms with E-state index in [0.29, 0.717) is 62.7 Å². The van der Waals surface area contributed by atoms with Crippen LogP contribution in [0.15, 0.2) is 55.0 Å². The van der Waals surface area contributed by atoms with Crippen LogP contribution >= 0.6 is 69.0 Å². The maximum absolute atomic E-state index is 14.0. The number of fused-ring (bicyclic) bond motifs is 2. The number of aromatic nitrogens is 6. The molecule has 8 rings (SSSR count). The number of anilines is 2. The van der Waals surface area contributed by atoms with Crippen molar-refractivity contribution < 1.29 is 54.9 Å². The molecule has 0 saturated carbocycles. The topological polar surface area (TPSA) is 138 Å². The van der Waals surface area contributed by atoms with E-state index < -0.39 is 35.7 Å². The van der Waals surface area contributed by atoms with Crippen molar-refractivity contribution in [2.45, 2.75) is 19.3 Å². The number of imidazole rings is 2. The molecule has 2 saturated heterocycles. The normalized spacial score (nSPS) is 14.5. The number of morpholine rings is 2. The van der Waals surface area contributed by atoms with Crippen molar-refractivity contribution >= 4 is 104 Å². The van der Waals surface area contributed by atoms with Crippen molar-refractivity contribution in [2.24, 2.45) is 0 Å². The van der Waals surface area contributed by atoms with Crippen LogP contribution in [0.2, 0.25) is 20.1 Å². The van der Waals surface area contributed by atoms with E-state index >= 15 is 0 Å². The second kappa shape index (κ2) is 20.8. The molecule has 0 spiro atoms. The average Bonchev–Trinajstić information content (AvgIpc) is 3.87. The smallest absolute Gasteiger partial charge is 0.435 e. The van der Waals surface area contributed by atoms with Gasteiger partial charge in [0.15, 0.2) is 22.7 Å². The first-order valence-corrected chi connectivity index (χ1v) is 21.3. The Balaban J connectivity index is 0.000000182. The number of ether oxygens (including phenoxy) is 4. The zero-order chi connectivity index (χ0) is 46.5. The van der Waals surface area contributed by atoms with Gasteiger partial charge in [-0.2, -0.15) is 36.5 Å². The summed E-state index contributed by atoms with van der Waals surface area (Å²) in [6, 6.07) is 9.52. The molecule has 2 aliphatic heterocycles. The molecule has 342 valence electrons. The predicted molar refractivity (Wildman–Crippen MR) is 234 cm³/mol. The van der Waals surface area contributed by atoms with Crippen molar-refractivity contribution in [3.8, 4) is 11.3 Å². The first-order chi connectivity index (χ1) is 30.3. The molecule has 0 N–H and O–H groups in total. The van der Waals surface area contributed by atoms with Crippen LogP contribution in [0.3, 0.4) is 0 Å². The molecular formula is C39H33Cl4F6IN8O6. The third kappa shape index (κ3) is 11.5. The van der Waals surface area contributed by atoms with Gasteiger partial charge in [-0.15, -0.1) is 0 Å². The number of carbonyl (C=O) groups is 2. The minimum absolute atomic E-state index is 0.00583. The molecule has 0 amide bonds. The molecule has 0 radical (unpaired) electrons. The first-order valence-electron chi connectivity index (χ1n) is 18.7. The zero-order valence-electron chi connectivity index (χ0n) is 33.2. The second-order valence-corrected chi connectivity index (χ2v) is 16.4. The second-order valence-electron chi connectivity index (χ2n) is 13.4. The van der Waals surface area contributed by atoms with Gasteiger partial charge in [-0.3, -0.25) is 0 Å². The summed E-state index contributed by atoms with van der Waals surface area (Å²) >= 11 is 25.5. The summed E-state index contributed by atoms with van der Waals surface area (Å²) in [6.45, 7) is 4.88. The number of benzene rings is 2. The number of esters is 2. The summed E-state index contributed by atoms with van der Waals surface area (Å²) in [5.41, 5.74) is -2.09. The molecule has 6 heterocycles. The third-order valence-electron chi connectivity index (χ3n) is 9.17. The lowest BCUT2D eigenvalue weighted by atomic mass is 10.1. The van der Waals surface area contributed by atoms with E-state index in [4.69, 9.17) is 65.4 Å². The third-order valence-corrected chi connectivity index (χ3v) is 10.7. The van der Waals surface area contributed by atoms with Crippen LogP contribution in [0, 0.1) is 3.57 Å². The highest BCUT2D eigenvalue weighted by Crippen LogP contribution is 2.41. The fourth-order valence-corrected chi connectivity index (χ4v) is 8.61. The summed E-state index contributed by atoms with van der Waals surface area (Å²) in [5.74, 6) is -1.38. The molecule has 2 aliphatic rings. The minimum Gasteiger partial charge on any atom is -0.465 e. The van der Waals surface area contributed by atoms with E-state index in [9.17, 15) is 35.9 Å². The SMILES string of the molecule is CCOC(=O)c1cnn2cc(C(F)(F)F)nc2c1N1CCOCC1.COC(=O)c1cnn2c(-c3cc(Cl)cc(Cl)c3)c(C(F)(F)F)nc2c1N1CCOCC1.Clc1cc(Cl)cc(I)c1. The summed E-state index contributed by atoms with van der Waals surface area (Å²) in [5, 5.41) is 9.64. The molecule has 0 aliphatic carbocycles. The van der Waals surface area contributed by atoms with Crippen LogP contribution in [0.1, 0.15) is 39.0 Å². The Bertz CT molecular complexity index is 2590. The van der Waals surface area contributed by atoms with Crippen LogP contribution in [-0.4, -0.2) is 107 Å². The molecule has 4 aromatic heterocycles. The average molecular weight is 1090 g/mol. The number of halogens is 11. The van der Waals surface area contributed by atoms with Crippen molar-refractivity contribution in [1.82, 2.24) is 29.2 Å². The highest BCUT2D eigenvalue weighted by Gasteiger charge is 2.41. The van der Waals surface area contributed by atoms with E-state index in [1.807, 2.05) is 12.1 Å². The maximum Gasteiger partial charge on any atom is 0.435 e. The lowest BCUT2D eigenvalue weighted by Crippen LogP contribution is -2.37. The Labute approximate surface area is 393 Å². The molecule has 0 atom stereocenters. The number of methoxy groups -OCH3 is 1. The Kier molecular flexibility index (Phi) is 16.0. The quantitative estimate of drug-likeness (QED) is 0.0892. The number of nitrogens with zero attached hydrogens (tertiary/aromatic N) is 8. The largest absolute Gasteiger partial charge is 0.465 e. The highest BCUT2D eigenvalue weighted by atomic mass is 127. The molecular weight excluding hydrogens is 1060 g/mol. The molecule has 0 bridgehead atoms. The summed E-state index contributed by atoms with van der Waals surface area (Å²) < 4.78 is 104. The van der Waals surface area contributed by atoms with Crippen LogP contribution in [-0.2, 0) is 31.3 Å². The number of alkyl halides is 6. The minimum atomic E-state index is -4.80. The van der Waals surface area contributed by atoms with Crippen molar-refractivity contribution in [2.75, 3.05) is 76.1 Å². The van der Waals surface area contributed by atoms with Crippen LogP contribution in [0.25, 0.3) is 22.6 Å². The molecule has 2 fully saturated rings. The number of carbonyl (C=O) groups excluding carboxylic acids is 2. The van der Waals surface area contributed by atoms with Gasteiger partial charge >= 0.3 is 24.3 Å². The highest BCUT2D eigenvalue weighted by molar-refractivity contribution is 14.1. The van der Waals surface area contributed by atoms with Gasteiger partial charge < -0.3 is 28.7 Å². The van der Waals surface area contributed by atoms with E-state index in [1.165, 1.54) is 37.7 Å². The van der Waals surface area contributed by atoms with Gasteiger partial charge in [0, 0.05) is 55.4 Å². The molecule has 6 aromatic rings. The number of hydrogen-bond donors (Lipinski definition) is 0. The molecule has 64 heavy (non-hydrogen) atoms. The monoisotopic (exact) mass is 1090 g/mol. The lowest BCUT2D eigenvalue weighted by molar-refractivity contribution is -0.141. The van der Waals surface area contributed by atoms with E-state index in [0.717, 1.165) is 18.8 Å². The van der Waals surface area contributed by atoms with Gasteiger partial charge in [0.2, 0.25) is 0 Å². The summed E-state index contributed by atoms with van der Waals surface area (Å²) in [6.07, 6.45) is -6.22. The molecule has 14 nitrogen and oxygen atoms in total. The van der Waals surface area contributed by atoms with Gasteiger partial charge in [0.1, 0.15) is 16.8 Å². The van der Waals surface area contributed by atoms with Crippen molar-refractivity contribution in [1.29, 1.82) is 0 Å². The lowest BCUT2D eigenvalue weighted by Gasteiger charge is -2.30. The van der Waals surface area contributed by atoms with E-state index in [-0.39, 0.29) is 61.7 Å². The number of rotatable bonds is 6. The predicted octanol–water partition coefficient (Wildman–Crippen LogP) is 9.70. The Morgan fingerprint density at radius 3 is 1.70 bits per heavy atom. The fourth-order valence-electron chi connectivity index (χ4n) is 6.52. The van der Waals surface area contributed by atoms with Crippen molar-refractivity contribution in [3.63, 3.8) is 0 Å².